The van der Waals surface area contributed by atoms with E-state index in [4.69, 9.17) is 0 Å². The fourth-order valence-electron chi connectivity index (χ4n) is 2.74. The minimum atomic E-state index is -0.948. The van der Waals surface area contributed by atoms with E-state index in [-0.39, 0.29) is 12.5 Å². The number of aliphatic carboxylic acids is 1. The summed E-state index contributed by atoms with van der Waals surface area (Å²) < 4.78 is 0. The topological polar surface area (TPSA) is 66.4 Å². The molecule has 0 saturated heterocycles. The molecule has 0 fully saturated rings. The average molecular weight is 339 g/mol. The van der Waals surface area contributed by atoms with Gasteiger partial charge in [0.25, 0.3) is 0 Å². The second kappa shape index (κ2) is 7.97. The Kier molecular flexibility index (Phi) is 5.97. The number of amides is 1. The van der Waals surface area contributed by atoms with Gasteiger partial charge in [0.15, 0.2) is 0 Å². The summed E-state index contributed by atoms with van der Waals surface area (Å²) in [7, 11) is 0. The van der Waals surface area contributed by atoms with Gasteiger partial charge in [-0.1, -0.05) is 61.5 Å². The summed E-state index contributed by atoms with van der Waals surface area (Å²) in [6, 6.07) is 16.9. The third-order valence-corrected chi connectivity index (χ3v) is 4.62. The summed E-state index contributed by atoms with van der Waals surface area (Å²) in [4.78, 5) is 24.2. The molecule has 1 unspecified atom stereocenters. The van der Waals surface area contributed by atoms with Crippen LogP contribution in [-0.2, 0) is 21.4 Å². The van der Waals surface area contributed by atoms with Gasteiger partial charge in [0, 0.05) is 6.54 Å². The molecular weight excluding hydrogens is 314 g/mol. The first-order chi connectivity index (χ1) is 11.9. The van der Waals surface area contributed by atoms with Crippen LogP contribution in [0, 0.1) is 0 Å². The number of benzene rings is 2. The highest BCUT2D eigenvalue weighted by Gasteiger charge is 2.31. The fraction of sp³-hybridized carbons (Fsp3) is 0.333. The van der Waals surface area contributed by atoms with Crippen LogP contribution in [-0.4, -0.2) is 23.5 Å². The van der Waals surface area contributed by atoms with Gasteiger partial charge < -0.3 is 10.4 Å². The molecule has 0 bridgehead atoms. The zero-order valence-electron chi connectivity index (χ0n) is 15.0. The molecule has 2 rings (SSSR count). The molecule has 1 atom stereocenters. The number of aryl methyl sites for hydroxylation is 1. The first-order valence-electron chi connectivity index (χ1n) is 8.51. The van der Waals surface area contributed by atoms with Crippen molar-refractivity contribution >= 4 is 11.9 Å². The van der Waals surface area contributed by atoms with E-state index in [1.165, 1.54) is 5.56 Å². The molecule has 2 aromatic carbocycles. The third-order valence-electron chi connectivity index (χ3n) is 4.62. The Labute approximate surface area is 148 Å². The molecule has 0 saturated carbocycles. The highest BCUT2D eigenvalue weighted by molar-refractivity contribution is 5.88. The molecule has 2 N–H and O–H groups in total. The molecule has 0 aromatic heterocycles. The van der Waals surface area contributed by atoms with Crippen molar-refractivity contribution in [2.45, 2.75) is 38.5 Å². The Balaban J connectivity index is 2.09. The molecule has 132 valence electrons. The molecule has 4 heteroatoms. The lowest BCUT2D eigenvalue weighted by molar-refractivity contribution is -0.138. The van der Waals surface area contributed by atoms with E-state index in [1.807, 2.05) is 44.2 Å². The maximum Gasteiger partial charge on any atom is 0.312 e. The maximum atomic E-state index is 12.7. The molecule has 0 aliphatic heterocycles. The number of rotatable bonds is 7. The van der Waals surface area contributed by atoms with Gasteiger partial charge in [0.1, 0.15) is 0 Å². The van der Waals surface area contributed by atoms with Gasteiger partial charge in [-0.15, -0.1) is 0 Å². The summed E-state index contributed by atoms with van der Waals surface area (Å²) in [5.74, 6) is -1.89. The number of carbonyl (C=O) groups excluding carboxylic acids is 1. The molecule has 2 aromatic rings. The summed E-state index contributed by atoms with van der Waals surface area (Å²) in [5.41, 5.74) is 2.08. The Bertz CT molecular complexity index is 721. The Morgan fingerprint density at radius 1 is 1.04 bits per heavy atom. The smallest absolute Gasteiger partial charge is 0.312 e. The molecule has 4 nitrogen and oxygen atoms in total. The highest BCUT2D eigenvalue weighted by Crippen LogP contribution is 2.24. The van der Waals surface area contributed by atoms with Crippen molar-refractivity contribution in [3.05, 3.63) is 71.3 Å². The van der Waals surface area contributed by atoms with Crippen LogP contribution < -0.4 is 5.32 Å². The van der Waals surface area contributed by atoms with Crippen LogP contribution in [0.25, 0.3) is 0 Å². The SMILES string of the molecule is CCc1ccc(C(C)(C)C(=O)NCC(C(=O)O)c2ccccc2)cc1. The second-order valence-corrected chi connectivity index (χ2v) is 6.69. The lowest BCUT2D eigenvalue weighted by atomic mass is 9.83. The molecule has 25 heavy (non-hydrogen) atoms. The molecule has 0 aliphatic rings. The summed E-state index contributed by atoms with van der Waals surface area (Å²) in [6.45, 7) is 5.85. The molecule has 0 spiro atoms. The van der Waals surface area contributed by atoms with Crippen molar-refractivity contribution < 1.29 is 14.7 Å². The monoisotopic (exact) mass is 339 g/mol. The Morgan fingerprint density at radius 2 is 1.64 bits per heavy atom. The predicted molar refractivity (Wildman–Crippen MR) is 98.7 cm³/mol. The highest BCUT2D eigenvalue weighted by atomic mass is 16.4. The molecule has 0 heterocycles. The van der Waals surface area contributed by atoms with Crippen LogP contribution in [0.5, 0.6) is 0 Å². The quantitative estimate of drug-likeness (QED) is 0.811. The van der Waals surface area contributed by atoms with Crippen molar-refractivity contribution in [3.63, 3.8) is 0 Å². The number of carboxylic acid groups (broad SMARTS) is 1. The number of hydrogen-bond donors (Lipinski definition) is 2. The first-order valence-corrected chi connectivity index (χ1v) is 8.51. The minimum absolute atomic E-state index is 0.0641. The van der Waals surface area contributed by atoms with Crippen molar-refractivity contribution in [2.75, 3.05) is 6.54 Å². The van der Waals surface area contributed by atoms with Crippen molar-refractivity contribution in [2.24, 2.45) is 0 Å². The van der Waals surface area contributed by atoms with E-state index in [1.54, 1.807) is 24.3 Å². The van der Waals surface area contributed by atoms with Crippen LogP contribution in [0.4, 0.5) is 0 Å². The van der Waals surface area contributed by atoms with Crippen molar-refractivity contribution in [1.82, 2.24) is 5.32 Å². The standard InChI is InChI=1S/C21H25NO3/c1-4-15-10-12-17(13-11-15)21(2,3)20(25)22-14-18(19(23)24)16-8-6-5-7-9-16/h5-13,18H,4,14H2,1-3H3,(H,22,25)(H,23,24). The summed E-state index contributed by atoms with van der Waals surface area (Å²) in [6.07, 6.45) is 0.949. The zero-order valence-corrected chi connectivity index (χ0v) is 15.0. The van der Waals surface area contributed by atoms with E-state index in [2.05, 4.69) is 12.2 Å². The number of nitrogens with one attached hydrogen (secondary N) is 1. The number of hydrogen-bond acceptors (Lipinski definition) is 2. The van der Waals surface area contributed by atoms with Gasteiger partial charge >= 0.3 is 5.97 Å². The molecule has 0 aliphatic carbocycles. The van der Waals surface area contributed by atoms with E-state index in [0.717, 1.165) is 12.0 Å². The lowest BCUT2D eigenvalue weighted by Gasteiger charge is -2.25. The zero-order chi connectivity index (χ0) is 18.4. The summed E-state index contributed by atoms with van der Waals surface area (Å²) in [5, 5.41) is 12.3. The number of carboxylic acids is 1. The maximum absolute atomic E-state index is 12.7. The predicted octanol–water partition coefficient (Wildman–Crippen LogP) is 3.51. The largest absolute Gasteiger partial charge is 0.481 e. The van der Waals surface area contributed by atoms with Crippen molar-refractivity contribution in [1.29, 1.82) is 0 Å². The fourth-order valence-corrected chi connectivity index (χ4v) is 2.74. The van der Waals surface area contributed by atoms with E-state index in [9.17, 15) is 14.7 Å². The van der Waals surface area contributed by atoms with Gasteiger partial charge in [0.05, 0.1) is 11.3 Å². The van der Waals surface area contributed by atoms with Crippen LogP contribution in [0.1, 0.15) is 43.4 Å². The normalized spacial score (nSPS) is 12.4. The lowest BCUT2D eigenvalue weighted by Crippen LogP contribution is -2.42. The van der Waals surface area contributed by atoms with E-state index >= 15 is 0 Å². The number of carbonyl (C=O) groups is 2. The Hall–Kier alpha value is -2.62. The van der Waals surface area contributed by atoms with Gasteiger partial charge in [-0.05, 0) is 37.0 Å². The van der Waals surface area contributed by atoms with Crippen LogP contribution in [0.2, 0.25) is 0 Å². The van der Waals surface area contributed by atoms with Gasteiger partial charge in [-0.2, -0.15) is 0 Å². The second-order valence-electron chi connectivity index (χ2n) is 6.69. The van der Waals surface area contributed by atoms with Crippen LogP contribution in [0.3, 0.4) is 0 Å². The van der Waals surface area contributed by atoms with Gasteiger partial charge in [0.2, 0.25) is 5.91 Å². The van der Waals surface area contributed by atoms with Crippen LogP contribution >= 0.6 is 0 Å². The van der Waals surface area contributed by atoms with Crippen LogP contribution in [0.15, 0.2) is 54.6 Å². The van der Waals surface area contributed by atoms with E-state index in [0.29, 0.717) is 5.56 Å². The van der Waals surface area contributed by atoms with Gasteiger partial charge in [-0.25, -0.2) is 0 Å². The third kappa shape index (κ3) is 4.47. The first kappa shape index (κ1) is 18.7. The Morgan fingerprint density at radius 3 is 2.16 bits per heavy atom. The average Bonchev–Trinajstić information content (AvgIpc) is 2.62. The van der Waals surface area contributed by atoms with E-state index < -0.39 is 17.3 Å². The minimum Gasteiger partial charge on any atom is -0.481 e. The van der Waals surface area contributed by atoms with Gasteiger partial charge in [-0.3, -0.25) is 9.59 Å². The molecule has 1 amide bonds. The molecule has 0 radical (unpaired) electrons. The van der Waals surface area contributed by atoms with Crippen molar-refractivity contribution in [3.8, 4) is 0 Å². The summed E-state index contributed by atoms with van der Waals surface area (Å²) >= 11 is 0. The molecular formula is C21H25NO3.